The minimum absolute atomic E-state index is 0.153. The summed E-state index contributed by atoms with van der Waals surface area (Å²) in [6.45, 7) is 1.95. The van der Waals surface area contributed by atoms with Crippen molar-refractivity contribution in [1.29, 1.82) is 0 Å². The molecule has 1 aromatic carbocycles. The number of amides is 1. The molecular formula is C12H11FN2OS. The fraction of sp³-hybridized carbons (Fsp3) is 0.167. The molecule has 17 heavy (non-hydrogen) atoms. The highest BCUT2D eigenvalue weighted by Gasteiger charge is 2.18. The van der Waals surface area contributed by atoms with E-state index in [9.17, 15) is 9.28 Å². The quantitative estimate of drug-likeness (QED) is 0.851. The Bertz CT molecular complexity index is 525. The van der Waals surface area contributed by atoms with Crippen LogP contribution >= 0.6 is 11.3 Å². The van der Waals surface area contributed by atoms with E-state index in [-0.39, 0.29) is 5.69 Å². The van der Waals surface area contributed by atoms with Gasteiger partial charge in [-0.2, -0.15) is 5.54 Å². The van der Waals surface area contributed by atoms with Gasteiger partial charge in [-0.1, -0.05) is 41.7 Å². The van der Waals surface area contributed by atoms with Gasteiger partial charge >= 0.3 is 0 Å². The maximum Gasteiger partial charge on any atom is 0.299 e. The second-order valence-corrected chi connectivity index (χ2v) is 4.51. The normalized spacial score (nSPS) is 10.2. The lowest BCUT2D eigenvalue weighted by Gasteiger charge is -1.99. The minimum atomic E-state index is -0.792. The van der Waals surface area contributed by atoms with Crippen molar-refractivity contribution in [2.24, 2.45) is 0 Å². The Balaban J connectivity index is 2.52. The standard InChI is InChI=1S/C12H11FN2OS/c1-2-9-14-10(12(16)15-13)11(17-9)8-6-4-3-5-7-8/h3-7H,2H2,1H3,(H,15,16). The van der Waals surface area contributed by atoms with Crippen LogP contribution in [0, 0.1) is 0 Å². The number of halogens is 1. The second-order valence-electron chi connectivity index (χ2n) is 3.43. The molecule has 5 heteroatoms. The van der Waals surface area contributed by atoms with Crippen LogP contribution in [0.3, 0.4) is 0 Å². The van der Waals surface area contributed by atoms with Crippen LogP contribution in [0.15, 0.2) is 30.3 Å². The predicted octanol–water partition coefficient (Wildman–Crippen LogP) is 2.99. The molecule has 1 heterocycles. The summed E-state index contributed by atoms with van der Waals surface area (Å²) in [7, 11) is 0. The van der Waals surface area contributed by atoms with E-state index in [0.29, 0.717) is 4.88 Å². The third kappa shape index (κ3) is 2.34. The molecule has 0 aliphatic heterocycles. The molecule has 1 aromatic heterocycles. The van der Waals surface area contributed by atoms with Crippen LogP contribution in [0.5, 0.6) is 0 Å². The molecule has 0 radical (unpaired) electrons. The first-order chi connectivity index (χ1) is 8.26. The van der Waals surface area contributed by atoms with Crippen LogP contribution in [0.2, 0.25) is 0 Å². The number of thiazole rings is 1. The Kier molecular flexibility index (Phi) is 3.49. The third-order valence-corrected chi connectivity index (χ3v) is 3.56. The van der Waals surface area contributed by atoms with Crippen LogP contribution in [0.4, 0.5) is 4.48 Å². The third-order valence-electron chi connectivity index (χ3n) is 2.31. The Hall–Kier alpha value is -1.75. The van der Waals surface area contributed by atoms with Crippen molar-refractivity contribution in [1.82, 2.24) is 10.5 Å². The summed E-state index contributed by atoms with van der Waals surface area (Å²) in [5.41, 5.74) is 2.17. The van der Waals surface area contributed by atoms with E-state index in [1.807, 2.05) is 37.3 Å². The van der Waals surface area contributed by atoms with Gasteiger partial charge in [0.2, 0.25) is 0 Å². The lowest BCUT2D eigenvalue weighted by molar-refractivity contribution is 0.0855. The Morgan fingerprint density at radius 3 is 2.71 bits per heavy atom. The van der Waals surface area contributed by atoms with E-state index in [0.717, 1.165) is 22.5 Å². The number of aryl methyl sites for hydroxylation is 1. The van der Waals surface area contributed by atoms with Crippen LogP contribution in [0.1, 0.15) is 22.4 Å². The fourth-order valence-electron chi connectivity index (χ4n) is 1.50. The average Bonchev–Trinajstić information content (AvgIpc) is 2.83. The summed E-state index contributed by atoms with van der Waals surface area (Å²) in [6.07, 6.45) is 0.726. The van der Waals surface area contributed by atoms with Gasteiger partial charge in [-0.3, -0.25) is 4.79 Å². The van der Waals surface area contributed by atoms with Crippen LogP contribution in [-0.4, -0.2) is 10.9 Å². The molecule has 0 spiro atoms. The lowest BCUT2D eigenvalue weighted by Crippen LogP contribution is -2.15. The zero-order valence-electron chi connectivity index (χ0n) is 9.24. The molecule has 0 bridgehead atoms. The number of hydrogen-bond acceptors (Lipinski definition) is 3. The summed E-state index contributed by atoms with van der Waals surface area (Å²) >= 11 is 1.42. The van der Waals surface area contributed by atoms with Gasteiger partial charge in [-0.15, -0.1) is 11.3 Å². The molecule has 0 unspecified atom stereocenters. The number of rotatable bonds is 3. The molecule has 2 aromatic rings. The van der Waals surface area contributed by atoms with Crippen LogP contribution in [-0.2, 0) is 6.42 Å². The zero-order chi connectivity index (χ0) is 12.3. The molecule has 0 saturated heterocycles. The van der Waals surface area contributed by atoms with Gasteiger partial charge in [-0.05, 0) is 12.0 Å². The van der Waals surface area contributed by atoms with Crippen molar-refractivity contribution in [3.05, 3.63) is 41.0 Å². The maximum absolute atomic E-state index is 12.2. The zero-order valence-corrected chi connectivity index (χ0v) is 10.1. The molecular weight excluding hydrogens is 239 g/mol. The monoisotopic (exact) mass is 250 g/mol. The van der Waals surface area contributed by atoms with Crippen molar-refractivity contribution in [3.8, 4) is 10.4 Å². The highest BCUT2D eigenvalue weighted by Crippen LogP contribution is 2.30. The Morgan fingerprint density at radius 1 is 1.41 bits per heavy atom. The second kappa shape index (κ2) is 5.05. The van der Waals surface area contributed by atoms with Gasteiger partial charge in [0, 0.05) is 0 Å². The molecule has 0 saturated carbocycles. The SMILES string of the molecule is CCc1nc(C(=O)NF)c(-c2ccccc2)s1. The van der Waals surface area contributed by atoms with E-state index < -0.39 is 5.91 Å². The van der Waals surface area contributed by atoms with Gasteiger partial charge in [0.05, 0.1) is 9.88 Å². The van der Waals surface area contributed by atoms with Crippen LogP contribution < -0.4 is 5.54 Å². The molecule has 0 aliphatic carbocycles. The summed E-state index contributed by atoms with van der Waals surface area (Å²) < 4.78 is 12.2. The smallest absolute Gasteiger partial charge is 0.265 e. The number of benzene rings is 1. The highest BCUT2D eigenvalue weighted by molar-refractivity contribution is 7.15. The Labute approximate surface area is 102 Å². The predicted molar refractivity (Wildman–Crippen MR) is 65.5 cm³/mol. The van der Waals surface area contributed by atoms with Crippen molar-refractivity contribution >= 4 is 17.2 Å². The van der Waals surface area contributed by atoms with Crippen molar-refractivity contribution in [3.63, 3.8) is 0 Å². The molecule has 1 N–H and O–H groups in total. The first-order valence-electron chi connectivity index (χ1n) is 5.22. The number of nitrogens with zero attached hydrogens (tertiary/aromatic N) is 1. The van der Waals surface area contributed by atoms with Crippen LogP contribution in [0.25, 0.3) is 10.4 Å². The van der Waals surface area contributed by atoms with Gasteiger partial charge in [0.15, 0.2) is 0 Å². The molecule has 88 valence electrons. The van der Waals surface area contributed by atoms with Gasteiger partial charge in [0.25, 0.3) is 5.91 Å². The molecule has 2 rings (SSSR count). The lowest BCUT2D eigenvalue weighted by atomic mass is 10.1. The van der Waals surface area contributed by atoms with Crippen molar-refractivity contribution in [2.75, 3.05) is 0 Å². The maximum atomic E-state index is 12.2. The summed E-state index contributed by atoms with van der Waals surface area (Å²) in [4.78, 5) is 16.2. The molecule has 0 atom stereocenters. The van der Waals surface area contributed by atoms with E-state index >= 15 is 0 Å². The van der Waals surface area contributed by atoms with E-state index in [1.54, 1.807) is 0 Å². The topological polar surface area (TPSA) is 42.0 Å². The van der Waals surface area contributed by atoms with Gasteiger partial charge < -0.3 is 0 Å². The number of carbonyl (C=O) groups is 1. The molecule has 0 aliphatic rings. The van der Waals surface area contributed by atoms with Gasteiger partial charge in [-0.25, -0.2) is 4.98 Å². The first kappa shape index (κ1) is 11.7. The van der Waals surface area contributed by atoms with E-state index in [1.165, 1.54) is 11.3 Å². The largest absolute Gasteiger partial charge is 0.299 e. The molecule has 0 fully saturated rings. The number of hydrogen-bond donors (Lipinski definition) is 1. The number of aromatic nitrogens is 1. The summed E-state index contributed by atoms with van der Waals surface area (Å²) in [5, 5.41) is 0.822. The van der Waals surface area contributed by atoms with E-state index in [2.05, 4.69) is 4.98 Å². The number of nitrogens with one attached hydrogen (secondary N) is 1. The first-order valence-corrected chi connectivity index (χ1v) is 6.04. The molecule has 1 amide bonds. The van der Waals surface area contributed by atoms with Crippen molar-refractivity contribution in [2.45, 2.75) is 13.3 Å². The van der Waals surface area contributed by atoms with Gasteiger partial charge in [0.1, 0.15) is 5.69 Å². The highest BCUT2D eigenvalue weighted by atomic mass is 32.1. The van der Waals surface area contributed by atoms with Crippen molar-refractivity contribution < 1.29 is 9.28 Å². The number of carbonyl (C=O) groups excluding carboxylic acids is 1. The van der Waals surface area contributed by atoms with E-state index in [4.69, 9.17) is 0 Å². The summed E-state index contributed by atoms with van der Waals surface area (Å²) in [5.74, 6) is -0.792. The fourth-order valence-corrected chi connectivity index (χ4v) is 2.51. The Morgan fingerprint density at radius 2 is 2.12 bits per heavy atom. The minimum Gasteiger partial charge on any atom is -0.265 e. The molecule has 3 nitrogen and oxygen atoms in total. The average molecular weight is 250 g/mol. The summed E-state index contributed by atoms with van der Waals surface area (Å²) in [6, 6.07) is 9.39.